The van der Waals surface area contributed by atoms with Crippen LogP contribution in [0.3, 0.4) is 0 Å². The highest BCUT2D eigenvalue weighted by molar-refractivity contribution is 6.31. The van der Waals surface area contributed by atoms with Gasteiger partial charge in [-0.1, -0.05) is 11.6 Å². The molecule has 2 N–H and O–H groups in total. The second-order valence-corrected chi connectivity index (χ2v) is 4.72. The number of halogens is 2. The summed E-state index contributed by atoms with van der Waals surface area (Å²) in [7, 11) is 1.86. The first-order valence-electron chi connectivity index (χ1n) is 6.43. The van der Waals surface area contributed by atoms with Gasteiger partial charge in [-0.3, -0.25) is 4.79 Å². The van der Waals surface area contributed by atoms with Gasteiger partial charge in [-0.2, -0.15) is 0 Å². The predicted octanol–water partition coefficient (Wildman–Crippen LogP) is 2.56. The van der Waals surface area contributed by atoms with Gasteiger partial charge in [0.2, 0.25) is 5.91 Å². The lowest BCUT2D eigenvalue weighted by Crippen LogP contribution is -2.30. The Kier molecular flexibility index (Phi) is 10.3. The molecule has 0 aliphatic heterocycles. The van der Waals surface area contributed by atoms with E-state index >= 15 is 0 Å². The topological polar surface area (TPSA) is 50.4 Å². The number of benzene rings is 1. The van der Waals surface area contributed by atoms with E-state index in [-0.39, 0.29) is 18.3 Å². The van der Waals surface area contributed by atoms with Crippen molar-refractivity contribution in [2.45, 2.75) is 19.8 Å². The fraction of sp³-hybridized carbons (Fsp3) is 0.500. The Morgan fingerprint density at radius 1 is 1.35 bits per heavy atom. The van der Waals surface area contributed by atoms with E-state index in [1.807, 2.05) is 32.2 Å². The number of nitrogens with one attached hydrogen (secondary N) is 2. The number of aryl methyl sites for hydroxylation is 1. The summed E-state index contributed by atoms with van der Waals surface area (Å²) >= 11 is 5.93. The van der Waals surface area contributed by atoms with Crippen molar-refractivity contribution in [1.82, 2.24) is 10.6 Å². The Morgan fingerprint density at radius 2 is 2.10 bits per heavy atom. The zero-order valence-corrected chi connectivity index (χ0v) is 13.4. The molecule has 0 atom stereocenters. The number of ether oxygens (including phenoxy) is 1. The third-order valence-corrected chi connectivity index (χ3v) is 3.07. The van der Waals surface area contributed by atoms with Gasteiger partial charge in [0.25, 0.3) is 0 Å². The summed E-state index contributed by atoms with van der Waals surface area (Å²) < 4.78 is 5.57. The molecule has 0 saturated heterocycles. The minimum atomic E-state index is 0. The highest BCUT2D eigenvalue weighted by Gasteiger charge is 2.02. The van der Waals surface area contributed by atoms with Gasteiger partial charge < -0.3 is 15.4 Å². The average molecular weight is 321 g/mol. The van der Waals surface area contributed by atoms with Gasteiger partial charge in [-0.15, -0.1) is 12.4 Å². The first-order chi connectivity index (χ1) is 9.13. The van der Waals surface area contributed by atoms with Gasteiger partial charge in [0, 0.05) is 24.5 Å². The minimum Gasteiger partial charge on any atom is -0.494 e. The highest BCUT2D eigenvalue weighted by atomic mass is 35.5. The van der Waals surface area contributed by atoms with Crippen LogP contribution in [0.15, 0.2) is 18.2 Å². The lowest BCUT2D eigenvalue weighted by atomic mass is 10.2. The monoisotopic (exact) mass is 320 g/mol. The summed E-state index contributed by atoms with van der Waals surface area (Å²) in [5.41, 5.74) is 0.990. The molecular weight excluding hydrogens is 299 g/mol. The molecule has 1 rings (SSSR count). The second kappa shape index (κ2) is 10.8. The van der Waals surface area contributed by atoms with Gasteiger partial charge in [0.15, 0.2) is 0 Å². The van der Waals surface area contributed by atoms with E-state index in [0.717, 1.165) is 22.9 Å². The number of carbonyl (C=O) groups is 1. The Morgan fingerprint density at radius 3 is 2.75 bits per heavy atom. The minimum absolute atomic E-state index is 0. The molecule has 20 heavy (non-hydrogen) atoms. The van der Waals surface area contributed by atoms with Crippen LogP contribution in [0.5, 0.6) is 5.75 Å². The van der Waals surface area contributed by atoms with Crippen molar-refractivity contribution in [1.29, 1.82) is 0 Å². The SMILES string of the molecule is CNCCNC(=O)CCCOc1ccc(Cl)c(C)c1.Cl. The summed E-state index contributed by atoms with van der Waals surface area (Å²) in [5, 5.41) is 6.53. The largest absolute Gasteiger partial charge is 0.494 e. The third-order valence-electron chi connectivity index (χ3n) is 2.64. The highest BCUT2D eigenvalue weighted by Crippen LogP contribution is 2.21. The molecule has 1 aromatic carbocycles. The van der Waals surface area contributed by atoms with Gasteiger partial charge >= 0.3 is 0 Å². The number of carbonyl (C=O) groups excluding carboxylic acids is 1. The molecule has 1 aromatic rings. The van der Waals surface area contributed by atoms with Crippen LogP contribution in [0.4, 0.5) is 0 Å². The Balaban J connectivity index is 0.00000361. The maximum Gasteiger partial charge on any atom is 0.220 e. The van der Waals surface area contributed by atoms with Crippen LogP contribution < -0.4 is 15.4 Å². The fourth-order valence-corrected chi connectivity index (χ4v) is 1.66. The standard InChI is InChI=1S/C14H21ClN2O2.ClH/c1-11-10-12(5-6-13(11)15)19-9-3-4-14(18)17-8-7-16-2;/h5-6,10,16H,3-4,7-9H2,1-2H3,(H,17,18);1H. The van der Waals surface area contributed by atoms with Crippen LogP contribution in [0, 0.1) is 6.92 Å². The van der Waals surface area contributed by atoms with Crippen molar-refractivity contribution >= 4 is 29.9 Å². The molecule has 0 radical (unpaired) electrons. The quantitative estimate of drug-likeness (QED) is 0.724. The molecule has 114 valence electrons. The van der Waals surface area contributed by atoms with Crippen molar-refractivity contribution < 1.29 is 9.53 Å². The Hall–Kier alpha value is -0.970. The summed E-state index contributed by atoms with van der Waals surface area (Å²) in [4.78, 5) is 11.4. The first kappa shape index (κ1) is 19.0. The maximum atomic E-state index is 11.4. The molecule has 1 amide bonds. The van der Waals surface area contributed by atoms with E-state index < -0.39 is 0 Å². The molecule has 0 bridgehead atoms. The summed E-state index contributed by atoms with van der Waals surface area (Å²) in [6, 6.07) is 5.55. The number of amides is 1. The molecule has 0 spiro atoms. The molecule has 4 nitrogen and oxygen atoms in total. The van der Waals surface area contributed by atoms with Crippen molar-refractivity contribution in [2.24, 2.45) is 0 Å². The van der Waals surface area contributed by atoms with E-state index in [4.69, 9.17) is 16.3 Å². The number of hydrogen-bond donors (Lipinski definition) is 2. The van der Waals surface area contributed by atoms with E-state index in [1.54, 1.807) is 0 Å². The first-order valence-corrected chi connectivity index (χ1v) is 6.81. The van der Waals surface area contributed by atoms with Crippen LogP contribution in [0.25, 0.3) is 0 Å². The van der Waals surface area contributed by atoms with Crippen molar-refractivity contribution in [3.05, 3.63) is 28.8 Å². The summed E-state index contributed by atoms with van der Waals surface area (Å²) in [6.07, 6.45) is 1.18. The molecule has 0 heterocycles. The van der Waals surface area contributed by atoms with E-state index in [2.05, 4.69) is 10.6 Å². The maximum absolute atomic E-state index is 11.4. The summed E-state index contributed by atoms with van der Waals surface area (Å²) in [6.45, 7) is 3.91. The normalized spacial score (nSPS) is 9.75. The van der Waals surface area contributed by atoms with E-state index in [1.165, 1.54) is 0 Å². The van der Waals surface area contributed by atoms with Crippen LogP contribution in [0.1, 0.15) is 18.4 Å². The van der Waals surface area contributed by atoms with Crippen molar-refractivity contribution in [3.63, 3.8) is 0 Å². The van der Waals surface area contributed by atoms with Crippen LogP contribution in [-0.4, -0.2) is 32.7 Å². The Bertz CT molecular complexity index is 414. The zero-order valence-electron chi connectivity index (χ0n) is 11.9. The van der Waals surface area contributed by atoms with Gasteiger partial charge in [-0.25, -0.2) is 0 Å². The number of likely N-dealkylation sites (N-methyl/N-ethyl adjacent to an activating group) is 1. The molecule has 0 aliphatic rings. The van der Waals surface area contributed by atoms with Crippen LogP contribution in [-0.2, 0) is 4.79 Å². The van der Waals surface area contributed by atoms with E-state index in [9.17, 15) is 4.79 Å². The van der Waals surface area contributed by atoms with Crippen LogP contribution in [0.2, 0.25) is 5.02 Å². The van der Waals surface area contributed by atoms with Crippen molar-refractivity contribution in [3.8, 4) is 5.75 Å². The number of rotatable bonds is 8. The molecule has 0 unspecified atom stereocenters. The van der Waals surface area contributed by atoms with Gasteiger partial charge in [0.05, 0.1) is 6.61 Å². The smallest absolute Gasteiger partial charge is 0.220 e. The average Bonchev–Trinajstić information content (AvgIpc) is 2.39. The molecule has 0 saturated carbocycles. The van der Waals surface area contributed by atoms with Gasteiger partial charge in [-0.05, 0) is 44.2 Å². The second-order valence-electron chi connectivity index (χ2n) is 4.32. The lowest BCUT2D eigenvalue weighted by molar-refractivity contribution is -0.121. The third kappa shape index (κ3) is 7.58. The van der Waals surface area contributed by atoms with Crippen LogP contribution >= 0.6 is 24.0 Å². The van der Waals surface area contributed by atoms with Gasteiger partial charge in [0.1, 0.15) is 5.75 Å². The molecule has 6 heteroatoms. The van der Waals surface area contributed by atoms with Crippen molar-refractivity contribution in [2.75, 3.05) is 26.7 Å². The number of hydrogen-bond acceptors (Lipinski definition) is 3. The summed E-state index contributed by atoms with van der Waals surface area (Å²) in [5.74, 6) is 0.851. The molecular formula is C14H22Cl2N2O2. The fourth-order valence-electron chi connectivity index (χ4n) is 1.55. The lowest BCUT2D eigenvalue weighted by Gasteiger charge is -2.08. The molecule has 0 aliphatic carbocycles. The zero-order chi connectivity index (χ0) is 14.1. The predicted molar refractivity (Wildman–Crippen MR) is 85.1 cm³/mol. The van der Waals surface area contributed by atoms with E-state index in [0.29, 0.717) is 26.0 Å². The molecule has 0 fully saturated rings. The Labute approximate surface area is 131 Å². The molecule has 0 aromatic heterocycles.